The predicted molar refractivity (Wildman–Crippen MR) is 82.7 cm³/mol. The van der Waals surface area contributed by atoms with E-state index >= 15 is 0 Å². The highest BCUT2D eigenvalue weighted by atomic mass is 32.2. The molecule has 0 bridgehead atoms. The second-order valence-corrected chi connectivity index (χ2v) is 7.59. The molecule has 1 amide bonds. The Hall–Kier alpha value is -1.51. The van der Waals surface area contributed by atoms with Crippen LogP contribution in [0.5, 0.6) is 0 Å². The number of nitrogens with two attached hydrogens (primary N) is 1. The summed E-state index contributed by atoms with van der Waals surface area (Å²) in [5.41, 5.74) is -0.705. The summed E-state index contributed by atoms with van der Waals surface area (Å²) in [5.74, 6) is -1.38. The fourth-order valence-corrected chi connectivity index (χ4v) is 3.47. The van der Waals surface area contributed by atoms with E-state index in [1.165, 1.54) is 4.90 Å². The third kappa shape index (κ3) is 3.70. The zero-order valence-corrected chi connectivity index (χ0v) is 13.8. The molecule has 0 spiro atoms. The number of aliphatic hydroxyl groups excluding tert-OH is 1. The quantitative estimate of drug-likeness (QED) is 0.854. The number of aliphatic hydroxyl groups is 1. The monoisotopic (exact) mass is 344 g/mol. The van der Waals surface area contributed by atoms with Gasteiger partial charge in [-0.3, -0.25) is 4.79 Å². The van der Waals surface area contributed by atoms with Gasteiger partial charge in [-0.2, -0.15) is 0 Å². The SMILES string of the molecule is CCC1(CO)CCCN(C(=O)c2cc(S(N)(=O)=O)ccc2F)C1. The highest BCUT2D eigenvalue weighted by Crippen LogP contribution is 2.33. The molecule has 2 rings (SSSR count). The molecule has 3 N–H and O–H groups in total. The maximum Gasteiger partial charge on any atom is 0.256 e. The van der Waals surface area contributed by atoms with Crippen molar-refractivity contribution in [2.24, 2.45) is 10.6 Å². The zero-order chi connectivity index (χ0) is 17.3. The Balaban J connectivity index is 2.33. The van der Waals surface area contributed by atoms with E-state index < -0.39 is 21.7 Å². The fourth-order valence-electron chi connectivity index (χ4n) is 2.93. The lowest BCUT2D eigenvalue weighted by Gasteiger charge is -2.41. The number of carbonyl (C=O) groups is 1. The summed E-state index contributed by atoms with van der Waals surface area (Å²) >= 11 is 0. The average Bonchev–Trinajstić information content (AvgIpc) is 2.53. The van der Waals surface area contributed by atoms with Gasteiger partial charge in [0.25, 0.3) is 5.91 Å². The van der Waals surface area contributed by atoms with Crippen LogP contribution in [0, 0.1) is 11.2 Å². The van der Waals surface area contributed by atoms with Gasteiger partial charge in [-0.25, -0.2) is 17.9 Å². The number of halogens is 1. The summed E-state index contributed by atoms with van der Waals surface area (Å²) < 4.78 is 36.8. The fraction of sp³-hybridized carbons (Fsp3) is 0.533. The van der Waals surface area contributed by atoms with E-state index in [-0.39, 0.29) is 22.5 Å². The van der Waals surface area contributed by atoms with Crippen molar-refractivity contribution < 1.29 is 22.7 Å². The topological polar surface area (TPSA) is 101 Å². The Labute approximate surface area is 135 Å². The maximum atomic E-state index is 14.0. The van der Waals surface area contributed by atoms with Gasteiger partial charge < -0.3 is 10.0 Å². The lowest BCUT2D eigenvalue weighted by molar-refractivity contribution is 0.0249. The van der Waals surface area contributed by atoms with Crippen LogP contribution in [0.1, 0.15) is 36.5 Å². The van der Waals surface area contributed by atoms with Crippen molar-refractivity contribution in [3.05, 3.63) is 29.6 Å². The highest BCUT2D eigenvalue weighted by Gasteiger charge is 2.36. The lowest BCUT2D eigenvalue weighted by atomic mass is 9.78. The molecule has 1 atom stereocenters. The summed E-state index contributed by atoms with van der Waals surface area (Å²) in [7, 11) is -4.02. The van der Waals surface area contributed by atoms with E-state index in [1.54, 1.807) is 0 Å². The van der Waals surface area contributed by atoms with Gasteiger partial charge in [0.2, 0.25) is 10.0 Å². The normalized spacial score (nSPS) is 22.2. The number of primary sulfonamides is 1. The molecule has 0 radical (unpaired) electrons. The Morgan fingerprint density at radius 2 is 2.17 bits per heavy atom. The van der Waals surface area contributed by atoms with Crippen LogP contribution >= 0.6 is 0 Å². The minimum atomic E-state index is -4.02. The van der Waals surface area contributed by atoms with Gasteiger partial charge in [-0.1, -0.05) is 6.92 Å². The van der Waals surface area contributed by atoms with Gasteiger partial charge in [-0.05, 0) is 37.5 Å². The number of piperidine rings is 1. The number of rotatable bonds is 4. The van der Waals surface area contributed by atoms with Crippen molar-refractivity contribution in [1.29, 1.82) is 0 Å². The van der Waals surface area contributed by atoms with Gasteiger partial charge in [0, 0.05) is 18.5 Å². The van der Waals surface area contributed by atoms with Gasteiger partial charge in [0.05, 0.1) is 17.1 Å². The van der Waals surface area contributed by atoms with Gasteiger partial charge >= 0.3 is 0 Å². The molecule has 0 aromatic heterocycles. The van der Waals surface area contributed by atoms with Crippen molar-refractivity contribution in [1.82, 2.24) is 4.90 Å². The molecule has 1 unspecified atom stereocenters. The number of carbonyl (C=O) groups excluding carboxylic acids is 1. The Bertz CT molecular complexity index is 701. The maximum absolute atomic E-state index is 14.0. The molecule has 23 heavy (non-hydrogen) atoms. The molecule has 1 aromatic rings. The first-order chi connectivity index (χ1) is 10.7. The molecule has 8 heteroatoms. The van der Waals surface area contributed by atoms with Crippen LogP contribution in [0.15, 0.2) is 23.1 Å². The molecule has 6 nitrogen and oxygen atoms in total. The number of sulfonamides is 1. The van der Waals surface area contributed by atoms with E-state index in [9.17, 15) is 22.7 Å². The van der Waals surface area contributed by atoms with Crippen LogP contribution < -0.4 is 5.14 Å². The predicted octanol–water partition coefficient (Wildman–Crippen LogP) is 1.10. The van der Waals surface area contributed by atoms with Crippen molar-refractivity contribution in [2.75, 3.05) is 19.7 Å². The van der Waals surface area contributed by atoms with Crippen LogP contribution in [0.4, 0.5) is 4.39 Å². The zero-order valence-electron chi connectivity index (χ0n) is 13.0. The van der Waals surface area contributed by atoms with E-state index in [0.29, 0.717) is 25.9 Å². The number of hydrogen-bond acceptors (Lipinski definition) is 4. The van der Waals surface area contributed by atoms with Gasteiger partial charge in [-0.15, -0.1) is 0 Å². The third-order valence-corrected chi connectivity index (χ3v) is 5.44. The highest BCUT2D eigenvalue weighted by molar-refractivity contribution is 7.89. The second kappa shape index (κ2) is 6.54. The molecule has 1 saturated heterocycles. The first kappa shape index (κ1) is 17.8. The summed E-state index contributed by atoms with van der Waals surface area (Å²) in [6.07, 6.45) is 2.20. The molecule has 1 aliphatic heterocycles. The standard InChI is InChI=1S/C15H21FN2O4S/c1-2-15(10-19)6-3-7-18(9-15)14(20)12-8-11(23(17,21)22)4-5-13(12)16/h4-5,8,19H,2-3,6-7,9-10H2,1H3,(H2,17,21,22). The van der Waals surface area contributed by atoms with Crippen LogP contribution in [0.25, 0.3) is 0 Å². The van der Waals surface area contributed by atoms with E-state index in [1.807, 2.05) is 6.92 Å². The van der Waals surface area contributed by atoms with Gasteiger partial charge in [0.1, 0.15) is 5.82 Å². The number of nitrogens with zero attached hydrogens (tertiary/aromatic N) is 1. The molecule has 1 aliphatic rings. The smallest absolute Gasteiger partial charge is 0.256 e. The second-order valence-electron chi connectivity index (χ2n) is 6.03. The first-order valence-corrected chi connectivity index (χ1v) is 8.99. The van der Waals surface area contributed by atoms with Crippen molar-refractivity contribution in [2.45, 2.75) is 31.1 Å². The van der Waals surface area contributed by atoms with E-state index in [4.69, 9.17) is 5.14 Å². The number of hydrogen-bond donors (Lipinski definition) is 2. The minimum Gasteiger partial charge on any atom is -0.396 e. The summed E-state index contributed by atoms with van der Waals surface area (Å²) in [6.45, 7) is 2.65. The molecular formula is C15H21FN2O4S. The number of benzene rings is 1. The van der Waals surface area contributed by atoms with Crippen LogP contribution in [-0.4, -0.2) is 44.0 Å². The summed E-state index contributed by atoms with van der Waals surface area (Å²) in [5, 5.41) is 14.6. The Morgan fingerprint density at radius 1 is 1.48 bits per heavy atom. The first-order valence-electron chi connectivity index (χ1n) is 7.45. The Morgan fingerprint density at radius 3 is 2.74 bits per heavy atom. The lowest BCUT2D eigenvalue weighted by Crippen LogP contribution is -2.47. The summed E-state index contributed by atoms with van der Waals surface area (Å²) in [4.78, 5) is 13.8. The molecule has 0 aliphatic carbocycles. The van der Waals surface area contributed by atoms with E-state index in [0.717, 1.165) is 24.6 Å². The largest absolute Gasteiger partial charge is 0.396 e. The summed E-state index contributed by atoms with van der Waals surface area (Å²) in [6, 6.07) is 2.92. The van der Waals surface area contributed by atoms with E-state index in [2.05, 4.69) is 0 Å². The molecule has 1 heterocycles. The van der Waals surface area contributed by atoms with Crippen LogP contribution in [0.3, 0.4) is 0 Å². The van der Waals surface area contributed by atoms with Gasteiger partial charge in [0.15, 0.2) is 0 Å². The van der Waals surface area contributed by atoms with Crippen molar-refractivity contribution in [3.63, 3.8) is 0 Å². The third-order valence-electron chi connectivity index (χ3n) is 4.53. The van der Waals surface area contributed by atoms with Crippen LogP contribution in [0.2, 0.25) is 0 Å². The minimum absolute atomic E-state index is 0.0486. The van der Waals surface area contributed by atoms with Crippen molar-refractivity contribution >= 4 is 15.9 Å². The van der Waals surface area contributed by atoms with Crippen molar-refractivity contribution in [3.8, 4) is 0 Å². The number of likely N-dealkylation sites (tertiary alicyclic amines) is 1. The molecule has 1 fully saturated rings. The number of amides is 1. The molecule has 1 aromatic carbocycles. The average molecular weight is 344 g/mol. The molecular weight excluding hydrogens is 323 g/mol. The molecule has 128 valence electrons. The molecule has 0 saturated carbocycles. The Kier molecular flexibility index (Phi) is 5.07. The van der Waals surface area contributed by atoms with Crippen LogP contribution in [-0.2, 0) is 10.0 Å².